The number of hydrogen-bond acceptors (Lipinski definition) is 2. The quantitative estimate of drug-likeness (QED) is 0.313. The smallest absolute Gasteiger partial charge is 0.142 e. The summed E-state index contributed by atoms with van der Waals surface area (Å²) in [5.74, 6) is 1.02. The van der Waals surface area contributed by atoms with Gasteiger partial charge in [0, 0.05) is 6.04 Å². The van der Waals surface area contributed by atoms with Crippen molar-refractivity contribution in [1.82, 2.24) is 0 Å². The number of benzene rings is 1. The zero-order valence-corrected chi connectivity index (χ0v) is 20.8. The zero-order chi connectivity index (χ0) is 21.9. The Morgan fingerprint density at radius 1 is 0.862 bits per heavy atom. The molecule has 1 rings (SSSR count). The molecule has 0 aliphatic rings. The summed E-state index contributed by atoms with van der Waals surface area (Å²) in [6.45, 7) is 19.3. The molecule has 0 bridgehead atoms. The predicted molar refractivity (Wildman–Crippen MR) is 130 cm³/mol. The Morgan fingerprint density at radius 3 is 1.97 bits per heavy atom. The SMILES string of the molecule is CCCCOc1ccc(C(C)(C)CC(C)(C)C)cc1NC(CCCC)CCCC. The van der Waals surface area contributed by atoms with Gasteiger partial charge in [-0.05, 0) is 54.2 Å². The monoisotopic (exact) mass is 403 g/mol. The van der Waals surface area contributed by atoms with Gasteiger partial charge in [0.05, 0.1) is 12.3 Å². The van der Waals surface area contributed by atoms with Gasteiger partial charge in [0.25, 0.3) is 0 Å². The van der Waals surface area contributed by atoms with Gasteiger partial charge < -0.3 is 10.1 Å². The summed E-state index contributed by atoms with van der Waals surface area (Å²) in [5, 5.41) is 3.89. The Kier molecular flexibility index (Phi) is 11.1. The van der Waals surface area contributed by atoms with E-state index in [2.05, 4.69) is 78.9 Å². The summed E-state index contributed by atoms with van der Waals surface area (Å²) < 4.78 is 6.19. The van der Waals surface area contributed by atoms with Crippen LogP contribution < -0.4 is 10.1 Å². The highest BCUT2D eigenvalue weighted by Crippen LogP contribution is 2.39. The lowest BCUT2D eigenvalue weighted by atomic mass is 9.72. The largest absolute Gasteiger partial charge is 0.491 e. The summed E-state index contributed by atoms with van der Waals surface area (Å²) >= 11 is 0. The van der Waals surface area contributed by atoms with Gasteiger partial charge in [-0.2, -0.15) is 0 Å². The second-order valence-electron chi connectivity index (χ2n) is 10.7. The molecule has 0 heterocycles. The van der Waals surface area contributed by atoms with E-state index in [-0.39, 0.29) is 5.41 Å². The van der Waals surface area contributed by atoms with Crippen LogP contribution in [0, 0.1) is 5.41 Å². The Morgan fingerprint density at radius 2 is 1.45 bits per heavy atom. The van der Waals surface area contributed by atoms with E-state index in [1.807, 2.05) is 0 Å². The Balaban J connectivity index is 3.14. The lowest BCUT2D eigenvalue weighted by molar-refractivity contribution is 0.283. The van der Waals surface area contributed by atoms with E-state index < -0.39 is 0 Å². The fourth-order valence-electron chi connectivity index (χ4n) is 4.35. The normalized spacial score (nSPS) is 12.4. The van der Waals surface area contributed by atoms with Crippen molar-refractivity contribution in [1.29, 1.82) is 0 Å². The van der Waals surface area contributed by atoms with Crippen LogP contribution in [0.2, 0.25) is 0 Å². The third-order valence-corrected chi connectivity index (χ3v) is 5.66. The molecule has 2 nitrogen and oxygen atoms in total. The lowest BCUT2D eigenvalue weighted by Crippen LogP contribution is -2.25. The van der Waals surface area contributed by atoms with E-state index in [1.165, 1.54) is 49.8 Å². The number of ether oxygens (including phenoxy) is 1. The first kappa shape index (κ1) is 25.9. The number of nitrogens with one attached hydrogen (secondary N) is 1. The van der Waals surface area contributed by atoms with E-state index >= 15 is 0 Å². The molecule has 0 spiro atoms. The van der Waals surface area contributed by atoms with Crippen molar-refractivity contribution in [2.45, 2.75) is 125 Å². The van der Waals surface area contributed by atoms with Crippen molar-refractivity contribution in [3.05, 3.63) is 23.8 Å². The van der Waals surface area contributed by atoms with Gasteiger partial charge in [0.2, 0.25) is 0 Å². The van der Waals surface area contributed by atoms with E-state index in [1.54, 1.807) is 0 Å². The maximum absolute atomic E-state index is 6.19. The molecule has 1 aromatic rings. The summed E-state index contributed by atoms with van der Waals surface area (Å²) in [7, 11) is 0. The average molecular weight is 404 g/mol. The molecule has 1 aromatic carbocycles. The molecule has 1 N–H and O–H groups in total. The van der Waals surface area contributed by atoms with Crippen LogP contribution in [0.5, 0.6) is 5.75 Å². The molecule has 0 saturated carbocycles. The molecule has 0 radical (unpaired) electrons. The first-order valence-corrected chi connectivity index (χ1v) is 12.2. The molecule has 168 valence electrons. The van der Waals surface area contributed by atoms with Gasteiger partial charge in [-0.3, -0.25) is 0 Å². The first-order valence-electron chi connectivity index (χ1n) is 12.2. The van der Waals surface area contributed by atoms with Crippen LogP contribution in [-0.4, -0.2) is 12.6 Å². The van der Waals surface area contributed by atoms with Crippen molar-refractivity contribution in [2.24, 2.45) is 5.41 Å². The fraction of sp³-hybridized carbons (Fsp3) is 0.778. The molecule has 0 atom stereocenters. The summed E-state index contributed by atoms with van der Waals surface area (Å²) in [6.07, 6.45) is 11.0. The van der Waals surface area contributed by atoms with Crippen molar-refractivity contribution in [3.8, 4) is 5.75 Å². The van der Waals surface area contributed by atoms with Gasteiger partial charge in [0.1, 0.15) is 5.75 Å². The second-order valence-corrected chi connectivity index (χ2v) is 10.7. The lowest BCUT2D eigenvalue weighted by Gasteiger charge is -2.34. The van der Waals surface area contributed by atoms with Crippen LogP contribution in [0.4, 0.5) is 5.69 Å². The summed E-state index contributed by atoms with van der Waals surface area (Å²) in [4.78, 5) is 0. The van der Waals surface area contributed by atoms with Crippen LogP contribution >= 0.6 is 0 Å². The molecule has 0 aromatic heterocycles. The van der Waals surface area contributed by atoms with Crippen LogP contribution in [0.15, 0.2) is 18.2 Å². The maximum Gasteiger partial charge on any atom is 0.142 e. The minimum atomic E-state index is 0.138. The van der Waals surface area contributed by atoms with Gasteiger partial charge in [0.15, 0.2) is 0 Å². The minimum Gasteiger partial charge on any atom is -0.491 e. The molecule has 2 heteroatoms. The highest BCUT2D eigenvalue weighted by molar-refractivity contribution is 5.59. The van der Waals surface area contributed by atoms with Gasteiger partial charge in [-0.25, -0.2) is 0 Å². The second kappa shape index (κ2) is 12.5. The molecule has 29 heavy (non-hydrogen) atoms. The molecule has 0 amide bonds. The summed E-state index contributed by atoms with van der Waals surface area (Å²) in [6, 6.07) is 7.39. The molecular formula is C27H49NO. The number of rotatable bonds is 14. The fourth-order valence-corrected chi connectivity index (χ4v) is 4.35. The third-order valence-electron chi connectivity index (χ3n) is 5.66. The number of unbranched alkanes of at least 4 members (excludes halogenated alkanes) is 3. The first-order chi connectivity index (χ1) is 13.6. The standard InChI is InChI=1S/C27H49NO/c1-9-12-15-23(16-13-10-2)28-24-20-22(27(7,8)21-26(4,5)6)17-18-25(24)29-19-14-11-3/h17-18,20,23,28H,9-16,19,21H2,1-8H3. The Bertz CT molecular complexity index is 562. The Labute approximate surface area is 182 Å². The average Bonchev–Trinajstić information content (AvgIpc) is 2.63. The highest BCUT2D eigenvalue weighted by Gasteiger charge is 2.28. The van der Waals surface area contributed by atoms with Crippen LogP contribution in [0.3, 0.4) is 0 Å². The highest BCUT2D eigenvalue weighted by atomic mass is 16.5. The molecule has 0 unspecified atom stereocenters. The topological polar surface area (TPSA) is 21.3 Å². The van der Waals surface area contributed by atoms with Gasteiger partial charge in [-0.1, -0.05) is 93.6 Å². The number of hydrogen-bond donors (Lipinski definition) is 1. The zero-order valence-electron chi connectivity index (χ0n) is 20.8. The summed E-state index contributed by atoms with van der Waals surface area (Å²) in [5.41, 5.74) is 3.04. The minimum absolute atomic E-state index is 0.138. The van der Waals surface area contributed by atoms with Gasteiger partial charge >= 0.3 is 0 Å². The van der Waals surface area contributed by atoms with Crippen molar-refractivity contribution in [2.75, 3.05) is 11.9 Å². The van der Waals surface area contributed by atoms with E-state index in [0.717, 1.165) is 31.6 Å². The predicted octanol–water partition coefficient (Wildman–Crippen LogP) is 8.74. The van der Waals surface area contributed by atoms with E-state index in [4.69, 9.17) is 4.74 Å². The van der Waals surface area contributed by atoms with Crippen molar-refractivity contribution >= 4 is 5.69 Å². The van der Waals surface area contributed by atoms with Crippen molar-refractivity contribution in [3.63, 3.8) is 0 Å². The molecular weight excluding hydrogens is 354 g/mol. The van der Waals surface area contributed by atoms with Crippen LogP contribution in [0.25, 0.3) is 0 Å². The third kappa shape index (κ3) is 9.92. The van der Waals surface area contributed by atoms with E-state index in [9.17, 15) is 0 Å². The molecule has 0 aliphatic carbocycles. The molecule has 0 aliphatic heterocycles. The molecule has 0 saturated heterocycles. The van der Waals surface area contributed by atoms with Crippen molar-refractivity contribution < 1.29 is 4.74 Å². The van der Waals surface area contributed by atoms with Gasteiger partial charge in [-0.15, -0.1) is 0 Å². The van der Waals surface area contributed by atoms with Crippen LogP contribution in [-0.2, 0) is 5.41 Å². The van der Waals surface area contributed by atoms with Crippen LogP contribution in [0.1, 0.15) is 119 Å². The Hall–Kier alpha value is -1.18. The molecule has 0 fully saturated rings. The van der Waals surface area contributed by atoms with E-state index in [0.29, 0.717) is 11.5 Å². The maximum atomic E-state index is 6.19. The number of anilines is 1.